The van der Waals surface area contributed by atoms with Crippen molar-refractivity contribution in [3.8, 4) is 5.75 Å². The molecular weight excluding hydrogens is 422 g/mol. The fourth-order valence-corrected chi connectivity index (χ4v) is 3.75. The second-order valence-electron chi connectivity index (χ2n) is 7.03. The van der Waals surface area contributed by atoms with Crippen LogP contribution in [0.4, 0.5) is 5.69 Å². The Morgan fingerprint density at radius 2 is 1.77 bits per heavy atom. The predicted molar refractivity (Wildman–Crippen MR) is 122 cm³/mol. The van der Waals surface area contributed by atoms with E-state index in [4.69, 9.17) is 17.0 Å². The van der Waals surface area contributed by atoms with Crippen LogP contribution in [0.2, 0.25) is 0 Å². The quantitative estimate of drug-likeness (QED) is 0.507. The molecule has 1 amide bonds. The maximum Gasteiger partial charge on any atom is 0.261 e. The monoisotopic (exact) mass is 449 g/mol. The number of carbonyl (C=O) groups is 1. The van der Waals surface area contributed by atoms with Gasteiger partial charge in [-0.15, -0.1) is 0 Å². The van der Waals surface area contributed by atoms with Crippen molar-refractivity contribution < 1.29 is 17.9 Å². The first kappa shape index (κ1) is 23.8. The van der Waals surface area contributed by atoms with Crippen LogP contribution in [0.5, 0.6) is 5.75 Å². The zero-order chi connectivity index (χ0) is 22.1. The summed E-state index contributed by atoms with van der Waals surface area (Å²) < 4.78 is 32.5. The van der Waals surface area contributed by atoms with Gasteiger partial charge in [0, 0.05) is 12.2 Å². The number of anilines is 1. The molecular formula is C21H27N3O4S2. The van der Waals surface area contributed by atoms with Gasteiger partial charge in [0.25, 0.3) is 5.91 Å². The van der Waals surface area contributed by atoms with Crippen LogP contribution in [0, 0.1) is 5.92 Å². The number of ether oxygens (including phenoxy) is 1. The van der Waals surface area contributed by atoms with E-state index in [0.717, 1.165) is 0 Å². The van der Waals surface area contributed by atoms with Crippen molar-refractivity contribution in [1.29, 1.82) is 0 Å². The molecule has 0 saturated carbocycles. The maximum atomic E-state index is 12.6. The minimum absolute atomic E-state index is 0.0957. The van der Waals surface area contributed by atoms with Gasteiger partial charge >= 0.3 is 0 Å². The van der Waals surface area contributed by atoms with Gasteiger partial charge in [0.1, 0.15) is 5.75 Å². The van der Waals surface area contributed by atoms with E-state index in [0.29, 0.717) is 42.5 Å². The van der Waals surface area contributed by atoms with Crippen LogP contribution in [0.15, 0.2) is 53.4 Å². The van der Waals surface area contributed by atoms with Gasteiger partial charge < -0.3 is 10.1 Å². The van der Waals surface area contributed by atoms with Crippen LogP contribution in [0.3, 0.4) is 0 Å². The van der Waals surface area contributed by atoms with Gasteiger partial charge in [-0.1, -0.05) is 32.9 Å². The lowest BCUT2D eigenvalue weighted by Crippen LogP contribution is -2.34. The number of thiocarbonyl (C=S) groups is 1. The Balaban J connectivity index is 2.00. The Bertz CT molecular complexity index is 974. The van der Waals surface area contributed by atoms with Crippen molar-refractivity contribution in [2.75, 3.05) is 18.5 Å². The molecule has 0 aliphatic rings. The highest BCUT2D eigenvalue weighted by atomic mass is 32.2. The number of nitrogens with one attached hydrogen (secondary N) is 3. The molecule has 0 heterocycles. The van der Waals surface area contributed by atoms with Gasteiger partial charge in [-0.25, -0.2) is 13.1 Å². The molecule has 0 aromatic heterocycles. The molecule has 2 aromatic carbocycles. The van der Waals surface area contributed by atoms with Gasteiger partial charge in [0.15, 0.2) is 5.11 Å². The maximum absolute atomic E-state index is 12.6. The lowest BCUT2D eigenvalue weighted by molar-refractivity contribution is 0.0973. The molecule has 0 radical (unpaired) electrons. The first-order valence-electron chi connectivity index (χ1n) is 9.66. The SMILES string of the molecule is CCCNS(=O)(=O)c1ccc(NC(=S)NC(=O)c2ccccc2OCC(C)C)cc1. The van der Waals surface area contributed by atoms with Crippen LogP contribution in [-0.2, 0) is 10.0 Å². The number of hydrogen-bond donors (Lipinski definition) is 3. The van der Waals surface area contributed by atoms with Crippen molar-refractivity contribution in [3.63, 3.8) is 0 Å². The highest BCUT2D eigenvalue weighted by molar-refractivity contribution is 7.89. The molecule has 2 aromatic rings. The minimum atomic E-state index is -3.53. The standard InChI is InChI=1S/C21H27N3O4S2/c1-4-13-22-30(26,27)17-11-9-16(10-12-17)23-21(29)24-20(25)18-7-5-6-8-19(18)28-14-15(2)3/h5-12,15,22H,4,13-14H2,1-3H3,(H2,23,24,25,29). The second-order valence-corrected chi connectivity index (χ2v) is 9.21. The zero-order valence-corrected chi connectivity index (χ0v) is 18.9. The average Bonchev–Trinajstić information content (AvgIpc) is 2.71. The normalized spacial score (nSPS) is 11.2. The van der Waals surface area contributed by atoms with Gasteiger partial charge in [0.2, 0.25) is 10.0 Å². The topological polar surface area (TPSA) is 96.5 Å². The highest BCUT2D eigenvalue weighted by Gasteiger charge is 2.15. The van der Waals surface area contributed by atoms with E-state index in [2.05, 4.69) is 15.4 Å². The molecule has 2 rings (SSSR count). The molecule has 0 saturated heterocycles. The van der Waals surface area contributed by atoms with Gasteiger partial charge in [0.05, 0.1) is 17.1 Å². The Labute approximate surface area is 183 Å². The van der Waals surface area contributed by atoms with Gasteiger partial charge in [-0.3, -0.25) is 10.1 Å². The molecule has 3 N–H and O–H groups in total. The van der Waals surface area contributed by atoms with Gasteiger partial charge in [-0.05, 0) is 61.0 Å². The van der Waals surface area contributed by atoms with E-state index in [-0.39, 0.29) is 10.0 Å². The summed E-state index contributed by atoms with van der Waals surface area (Å²) in [7, 11) is -3.53. The number of sulfonamides is 1. The number of para-hydroxylation sites is 1. The molecule has 0 unspecified atom stereocenters. The molecule has 0 aliphatic carbocycles. The lowest BCUT2D eigenvalue weighted by Gasteiger charge is -2.14. The van der Waals surface area contributed by atoms with E-state index in [1.165, 1.54) is 12.1 Å². The first-order chi connectivity index (χ1) is 14.2. The Hall–Kier alpha value is -2.49. The van der Waals surface area contributed by atoms with Crippen LogP contribution in [0.25, 0.3) is 0 Å². The van der Waals surface area contributed by atoms with Crippen LogP contribution < -0.4 is 20.1 Å². The van der Waals surface area contributed by atoms with Crippen LogP contribution >= 0.6 is 12.2 Å². The zero-order valence-electron chi connectivity index (χ0n) is 17.3. The lowest BCUT2D eigenvalue weighted by atomic mass is 10.2. The third-order valence-electron chi connectivity index (χ3n) is 3.90. The number of amides is 1. The Morgan fingerprint density at radius 1 is 1.10 bits per heavy atom. The molecule has 0 fully saturated rings. The van der Waals surface area contributed by atoms with Gasteiger partial charge in [-0.2, -0.15) is 0 Å². The van der Waals surface area contributed by atoms with Crippen molar-refractivity contribution >= 4 is 38.9 Å². The van der Waals surface area contributed by atoms with Crippen molar-refractivity contribution in [1.82, 2.24) is 10.0 Å². The summed E-state index contributed by atoms with van der Waals surface area (Å²) in [5, 5.41) is 5.59. The van der Waals surface area contributed by atoms with E-state index in [1.807, 2.05) is 20.8 Å². The molecule has 0 atom stereocenters. The highest BCUT2D eigenvalue weighted by Crippen LogP contribution is 2.19. The third-order valence-corrected chi connectivity index (χ3v) is 5.58. The van der Waals surface area contributed by atoms with E-state index in [9.17, 15) is 13.2 Å². The summed E-state index contributed by atoms with van der Waals surface area (Å²) in [6.07, 6.45) is 0.707. The number of carbonyl (C=O) groups excluding carboxylic acids is 1. The molecule has 9 heteroatoms. The Morgan fingerprint density at radius 3 is 2.40 bits per heavy atom. The second kappa shape index (κ2) is 11.1. The number of hydrogen-bond acceptors (Lipinski definition) is 5. The summed E-state index contributed by atoms with van der Waals surface area (Å²) in [6, 6.07) is 13.1. The average molecular weight is 450 g/mol. The van der Waals surface area contributed by atoms with E-state index >= 15 is 0 Å². The summed E-state index contributed by atoms with van der Waals surface area (Å²) in [5.74, 6) is 0.420. The molecule has 0 aliphatic heterocycles. The van der Waals surface area contributed by atoms with E-state index < -0.39 is 15.9 Å². The molecule has 30 heavy (non-hydrogen) atoms. The van der Waals surface area contributed by atoms with Crippen molar-refractivity contribution in [2.45, 2.75) is 32.1 Å². The summed E-state index contributed by atoms with van der Waals surface area (Å²) in [5.41, 5.74) is 0.935. The van der Waals surface area contributed by atoms with Crippen LogP contribution in [-0.4, -0.2) is 32.6 Å². The van der Waals surface area contributed by atoms with Crippen molar-refractivity contribution in [2.24, 2.45) is 5.92 Å². The molecule has 7 nitrogen and oxygen atoms in total. The smallest absolute Gasteiger partial charge is 0.261 e. The number of benzene rings is 2. The fourth-order valence-electron chi connectivity index (χ4n) is 2.41. The first-order valence-corrected chi connectivity index (χ1v) is 11.6. The summed E-state index contributed by atoms with van der Waals surface area (Å²) in [4.78, 5) is 12.8. The summed E-state index contributed by atoms with van der Waals surface area (Å²) in [6.45, 7) is 6.81. The largest absolute Gasteiger partial charge is 0.492 e. The Kier molecular flexibility index (Phi) is 8.76. The fraction of sp³-hybridized carbons (Fsp3) is 0.333. The van der Waals surface area contributed by atoms with Crippen molar-refractivity contribution in [3.05, 3.63) is 54.1 Å². The minimum Gasteiger partial charge on any atom is -0.492 e. The van der Waals surface area contributed by atoms with E-state index in [1.54, 1.807) is 36.4 Å². The molecule has 162 valence electrons. The molecule has 0 bridgehead atoms. The van der Waals surface area contributed by atoms with Crippen LogP contribution in [0.1, 0.15) is 37.6 Å². The predicted octanol–water partition coefficient (Wildman–Crippen LogP) is 3.54. The summed E-state index contributed by atoms with van der Waals surface area (Å²) >= 11 is 5.21. The third kappa shape index (κ3) is 7.08. The number of rotatable bonds is 9. The molecule has 0 spiro atoms.